The quantitative estimate of drug-likeness (QED) is 0.812. The van der Waals surface area contributed by atoms with E-state index in [-0.39, 0.29) is 17.1 Å². The van der Waals surface area contributed by atoms with Crippen molar-refractivity contribution in [2.45, 2.75) is 20.0 Å². The molecule has 24 heavy (non-hydrogen) atoms. The second-order valence-electron chi connectivity index (χ2n) is 5.30. The van der Waals surface area contributed by atoms with E-state index in [9.17, 15) is 4.79 Å². The Balaban J connectivity index is 1.96. The molecular formula is C18H20N2O3S. The fourth-order valence-corrected chi connectivity index (χ4v) is 2.26. The first-order chi connectivity index (χ1) is 11.5. The van der Waals surface area contributed by atoms with Gasteiger partial charge in [0.05, 0.1) is 18.8 Å². The maximum atomic E-state index is 12.3. The van der Waals surface area contributed by atoms with Crippen molar-refractivity contribution >= 4 is 28.9 Å². The zero-order valence-electron chi connectivity index (χ0n) is 13.8. The molecule has 0 aliphatic heterocycles. The topological polar surface area (TPSA) is 59.6 Å². The summed E-state index contributed by atoms with van der Waals surface area (Å²) in [4.78, 5) is 12.3. The van der Waals surface area contributed by atoms with E-state index >= 15 is 0 Å². The van der Waals surface area contributed by atoms with Crippen molar-refractivity contribution in [2.24, 2.45) is 0 Å². The molecule has 2 N–H and O–H groups in total. The van der Waals surface area contributed by atoms with Gasteiger partial charge in [-0.05, 0) is 62.5 Å². The lowest BCUT2D eigenvalue weighted by Crippen LogP contribution is -2.34. The average molecular weight is 344 g/mol. The maximum Gasteiger partial charge on any atom is 0.261 e. The number of thiocarbonyl (C=S) groups is 1. The molecule has 2 aromatic carbocycles. The van der Waals surface area contributed by atoms with Crippen molar-refractivity contribution in [2.75, 3.05) is 12.4 Å². The van der Waals surface area contributed by atoms with E-state index in [0.717, 1.165) is 11.4 Å². The minimum Gasteiger partial charge on any atom is -0.496 e. The van der Waals surface area contributed by atoms with Gasteiger partial charge < -0.3 is 14.8 Å². The summed E-state index contributed by atoms with van der Waals surface area (Å²) >= 11 is 5.18. The standard InChI is InChI=1S/C18H20N2O3S/c1-12(2)23-14-10-8-13(9-11-14)19-18(24)20-17(21)15-6-4-5-7-16(15)22-3/h4-12H,1-3H3,(H2,19,20,21,24). The number of carbonyl (C=O) groups is 1. The van der Waals surface area contributed by atoms with Gasteiger partial charge in [0.2, 0.25) is 0 Å². The summed E-state index contributed by atoms with van der Waals surface area (Å²) in [7, 11) is 1.52. The van der Waals surface area contributed by atoms with Gasteiger partial charge in [-0.3, -0.25) is 10.1 Å². The van der Waals surface area contributed by atoms with Crippen LogP contribution in [0.25, 0.3) is 0 Å². The van der Waals surface area contributed by atoms with E-state index < -0.39 is 0 Å². The van der Waals surface area contributed by atoms with Gasteiger partial charge in [0, 0.05) is 5.69 Å². The highest BCUT2D eigenvalue weighted by molar-refractivity contribution is 7.80. The van der Waals surface area contributed by atoms with Gasteiger partial charge in [0.15, 0.2) is 5.11 Å². The number of amides is 1. The SMILES string of the molecule is COc1ccccc1C(=O)NC(=S)Nc1ccc(OC(C)C)cc1. The molecule has 0 radical (unpaired) electrons. The molecule has 1 amide bonds. The monoisotopic (exact) mass is 344 g/mol. The molecule has 6 heteroatoms. The number of hydrogen-bond acceptors (Lipinski definition) is 4. The van der Waals surface area contributed by atoms with Gasteiger partial charge in [0.25, 0.3) is 5.91 Å². The molecule has 0 saturated carbocycles. The molecule has 0 unspecified atom stereocenters. The Bertz CT molecular complexity index is 714. The van der Waals surface area contributed by atoms with Gasteiger partial charge in [-0.2, -0.15) is 0 Å². The molecule has 0 saturated heterocycles. The molecule has 5 nitrogen and oxygen atoms in total. The van der Waals surface area contributed by atoms with E-state index in [1.165, 1.54) is 7.11 Å². The van der Waals surface area contributed by atoms with Crippen LogP contribution < -0.4 is 20.1 Å². The Morgan fingerprint density at radius 3 is 2.38 bits per heavy atom. The first kappa shape index (κ1) is 17.7. The smallest absolute Gasteiger partial charge is 0.261 e. The highest BCUT2D eigenvalue weighted by Crippen LogP contribution is 2.18. The van der Waals surface area contributed by atoms with Crippen LogP contribution in [0.5, 0.6) is 11.5 Å². The average Bonchev–Trinajstić information content (AvgIpc) is 2.56. The minimum absolute atomic E-state index is 0.116. The lowest BCUT2D eigenvalue weighted by atomic mass is 10.2. The van der Waals surface area contributed by atoms with E-state index in [1.807, 2.05) is 38.1 Å². The first-order valence-corrected chi connectivity index (χ1v) is 7.92. The van der Waals surface area contributed by atoms with Crippen molar-refractivity contribution in [3.05, 3.63) is 54.1 Å². The zero-order valence-corrected chi connectivity index (χ0v) is 14.6. The van der Waals surface area contributed by atoms with Crippen molar-refractivity contribution in [1.82, 2.24) is 5.32 Å². The Morgan fingerprint density at radius 1 is 1.08 bits per heavy atom. The summed E-state index contributed by atoms with van der Waals surface area (Å²) in [5.41, 5.74) is 1.18. The van der Waals surface area contributed by atoms with Crippen LogP contribution in [0.2, 0.25) is 0 Å². The number of benzene rings is 2. The molecule has 0 heterocycles. The van der Waals surface area contributed by atoms with E-state index in [4.69, 9.17) is 21.7 Å². The Hall–Kier alpha value is -2.60. The normalized spacial score (nSPS) is 10.2. The van der Waals surface area contributed by atoms with Gasteiger partial charge >= 0.3 is 0 Å². The number of hydrogen-bond donors (Lipinski definition) is 2. The summed E-state index contributed by atoms with van der Waals surface area (Å²) in [6.07, 6.45) is 0.116. The number of ether oxygens (including phenoxy) is 2. The largest absolute Gasteiger partial charge is 0.496 e. The third-order valence-corrected chi connectivity index (χ3v) is 3.27. The van der Waals surface area contributed by atoms with Gasteiger partial charge in [-0.1, -0.05) is 12.1 Å². The Morgan fingerprint density at radius 2 is 1.75 bits per heavy atom. The van der Waals surface area contributed by atoms with Crippen molar-refractivity contribution in [3.8, 4) is 11.5 Å². The molecule has 0 atom stereocenters. The molecule has 0 spiro atoms. The van der Waals surface area contributed by atoms with E-state index in [1.54, 1.807) is 24.3 Å². The summed E-state index contributed by atoms with van der Waals surface area (Å²) in [6.45, 7) is 3.93. The molecular weight excluding hydrogens is 324 g/mol. The number of anilines is 1. The van der Waals surface area contributed by atoms with Crippen LogP contribution in [0.4, 0.5) is 5.69 Å². The van der Waals surface area contributed by atoms with Crippen LogP contribution in [-0.2, 0) is 0 Å². The predicted molar refractivity (Wildman–Crippen MR) is 98.9 cm³/mol. The molecule has 2 rings (SSSR count). The van der Waals surface area contributed by atoms with E-state index in [2.05, 4.69) is 10.6 Å². The van der Waals surface area contributed by atoms with Crippen LogP contribution >= 0.6 is 12.2 Å². The van der Waals surface area contributed by atoms with Crippen LogP contribution in [0, 0.1) is 0 Å². The van der Waals surface area contributed by atoms with Crippen LogP contribution in [0.1, 0.15) is 24.2 Å². The zero-order chi connectivity index (χ0) is 17.5. The van der Waals surface area contributed by atoms with E-state index in [0.29, 0.717) is 11.3 Å². The summed E-state index contributed by atoms with van der Waals surface area (Å²) in [6, 6.07) is 14.3. The second-order valence-corrected chi connectivity index (χ2v) is 5.71. The molecule has 0 aliphatic rings. The van der Waals surface area contributed by atoms with Gasteiger partial charge in [-0.25, -0.2) is 0 Å². The summed E-state index contributed by atoms with van der Waals surface area (Å²) in [5.74, 6) is 0.942. The van der Waals surface area contributed by atoms with Crippen molar-refractivity contribution in [3.63, 3.8) is 0 Å². The third-order valence-electron chi connectivity index (χ3n) is 3.06. The first-order valence-electron chi connectivity index (χ1n) is 7.51. The minimum atomic E-state index is -0.329. The lowest BCUT2D eigenvalue weighted by Gasteiger charge is -2.13. The molecule has 126 valence electrons. The molecule has 0 bridgehead atoms. The number of nitrogens with one attached hydrogen (secondary N) is 2. The Kier molecular flexibility index (Phi) is 6.14. The predicted octanol–water partition coefficient (Wildman–Crippen LogP) is 3.61. The third kappa shape index (κ3) is 4.96. The van der Waals surface area contributed by atoms with Crippen LogP contribution in [0.15, 0.2) is 48.5 Å². The van der Waals surface area contributed by atoms with Crippen LogP contribution in [-0.4, -0.2) is 24.2 Å². The molecule has 0 fully saturated rings. The number of para-hydroxylation sites is 1. The number of carbonyl (C=O) groups excluding carboxylic acids is 1. The highest BCUT2D eigenvalue weighted by atomic mass is 32.1. The fourth-order valence-electron chi connectivity index (χ4n) is 2.05. The lowest BCUT2D eigenvalue weighted by molar-refractivity contribution is 0.0975. The fraction of sp³-hybridized carbons (Fsp3) is 0.222. The molecule has 0 aromatic heterocycles. The molecule has 2 aromatic rings. The van der Waals surface area contributed by atoms with Crippen LogP contribution in [0.3, 0.4) is 0 Å². The van der Waals surface area contributed by atoms with Gasteiger partial charge in [-0.15, -0.1) is 0 Å². The second kappa shape index (κ2) is 8.31. The van der Waals surface area contributed by atoms with Crippen molar-refractivity contribution in [1.29, 1.82) is 0 Å². The highest BCUT2D eigenvalue weighted by Gasteiger charge is 2.12. The summed E-state index contributed by atoms with van der Waals surface area (Å²) in [5, 5.41) is 5.81. The number of methoxy groups -OCH3 is 1. The van der Waals surface area contributed by atoms with Crippen molar-refractivity contribution < 1.29 is 14.3 Å². The maximum absolute atomic E-state index is 12.3. The summed E-state index contributed by atoms with van der Waals surface area (Å²) < 4.78 is 10.8. The van der Waals surface area contributed by atoms with Gasteiger partial charge in [0.1, 0.15) is 11.5 Å². The molecule has 0 aliphatic carbocycles. The Labute approximate surface area is 147 Å². The number of rotatable bonds is 5.